The zero-order valence-electron chi connectivity index (χ0n) is 14.2. The van der Waals surface area contributed by atoms with E-state index in [1.807, 2.05) is 31.2 Å². The molecule has 0 radical (unpaired) electrons. The van der Waals surface area contributed by atoms with Crippen molar-refractivity contribution in [3.63, 3.8) is 0 Å². The van der Waals surface area contributed by atoms with E-state index in [4.69, 9.17) is 11.6 Å². The van der Waals surface area contributed by atoms with Crippen LogP contribution < -0.4 is 5.32 Å². The number of amides is 1. The fourth-order valence-corrected chi connectivity index (χ4v) is 4.08. The van der Waals surface area contributed by atoms with E-state index < -0.39 is 0 Å². The van der Waals surface area contributed by atoms with Crippen molar-refractivity contribution in [2.45, 2.75) is 49.8 Å². The molecule has 1 fully saturated rings. The van der Waals surface area contributed by atoms with Gasteiger partial charge in [-0.15, -0.1) is 11.8 Å². The fourth-order valence-electron chi connectivity index (χ4n) is 2.91. The van der Waals surface area contributed by atoms with Crippen LogP contribution in [0, 0.1) is 5.92 Å². The number of nitrogens with one attached hydrogen (secondary N) is 1. The van der Waals surface area contributed by atoms with Gasteiger partial charge in [0.2, 0.25) is 5.91 Å². The van der Waals surface area contributed by atoms with Gasteiger partial charge in [-0.3, -0.25) is 4.79 Å². The lowest BCUT2D eigenvalue weighted by atomic mass is 9.97. The van der Waals surface area contributed by atoms with Crippen molar-refractivity contribution in [1.82, 2.24) is 10.2 Å². The normalized spacial score (nSPS) is 20.5. The van der Waals surface area contributed by atoms with Crippen LogP contribution in [0.2, 0.25) is 5.02 Å². The molecular formula is C18H27ClN2OS. The number of carbonyl (C=O) groups is 1. The van der Waals surface area contributed by atoms with Crippen LogP contribution in [0.5, 0.6) is 0 Å². The van der Waals surface area contributed by atoms with E-state index in [1.165, 1.54) is 31.1 Å². The van der Waals surface area contributed by atoms with Gasteiger partial charge in [0.25, 0.3) is 0 Å². The van der Waals surface area contributed by atoms with Crippen molar-refractivity contribution < 1.29 is 4.79 Å². The van der Waals surface area contributed by atoms with Crippen LogP contribution in [0.3, 0.4) is 0 Å². The second-order valence-electron chi connectivity index (χ2n) is 6.53. The lowest BCUT2D eigenvalue weighted by molar-refractivity contribution is -0.120. The summed E-state index contributed by atoms with van der Waals surface area (Å²) in [5, 5.41) is 3.69. The minimum atomic E-state index is -0.139. The maximum Gasteiger partial charge on any atom is 0.233 e. The predicted octanol–water partition coefficient (Wildman–Crippen LogP) is 4.06. The summed E-state index contributed by atoms with van der Waals surface area (Å²) in [4.78, 5) is 15.8. The molecule has 1 heterocycles. The third kappa shape index (κ3) is 5.70. The van der Waals surface area contributed by atoms with E-state index >= 15 is 0 Å². The summed E-state index contributed by atoms with van der Waals surface area (Å²) >= 11 is 7.68. The van der Waals surface area contributed by atoms with Gasteiger partial charge in [0.15, 0.2) is 0 Å². The average Bonchev–Trinajstić information content (AvgIpc) is 2.55. The molecule has 5 heteroatoms. The monoisotopic (exact) mass is 354 g/mol. The molecule has 3 nitrogen and oxygen atoms in total. The standard InChI is InChI=1S/C18H27ClN2OS/c1-13(2)21-10-6-7-15(12-21)11-20-18(22)14(3)23-17-9-5-4-8-16(17)19/h4-5,8-9,13-15H,6-7,10-12H2,1-3H3,(H,20,22). The zero-order valence-corrected chi connectivity index (χ0v) is 15.8. The molecule has 128 valence electrons. The van der Waals surface area contributed by atoms with Gasteiger partial charge in [-0.1, -0.05) is 23.7 Å². The van der Waals surface area contributed by atoms with Crippen LogP contribution in [0.1, 0.15) is 33.6 Å². The SMILES string of the molecule is CC(Sc1ccccc1Cl)C(=O)NCC1CCCN(C(C)C)C1. The predicted molar refractivity (Wildman–Crippen MR) is 99.2 cm³/mol. The molecule has 2 atom stereocenters. The largest absolute Gasteiger partial charge is 0.355 e. The summed E-state index contributed by atoms with van der Waals surface area (Å²) in [6.45, 7) is 9.46. The minimum absolute atomic E-state index is 0.0941. The molecule has 1 saturated heterocycles. The van der Waals surface area contributed by atoms with E-state index in [9.17, 15) is 4.79 Å². The van der Waals surface area contributed by atoms with Crippen LogP contribution in [-0.4, -0.2) is 41.7 Å². The Morgan fingerprint density at radius 1 is 1.39 bits per heavy atom. The third-order valence-electron chi connectivity index (χ3n) is 4.36. The van der Waals surface area contributed by atoms with E-state index in [0.29, 0.717) is 17.0 Å². The molecule has 0 aliphatic carbocycles. The van der Waals surface area contributed by atoms with Gasteiger partial charge < -0.3 is 10.2 Å². The van der Waals surface area contributed by atoms with E-state index in [0.717, 1.165) is 18.0 Å². The number of rotatable bonds is 6. The molecule has 0 spiro atoms. The number of carbonyl (C=O) groups excluding carboxylic acids is 1. The molecule has 1 N–H and O–H groups in total. The summed E-state index contributed by atoms with van der Waals surface area (Å²) in [6.07, 6.45) is 2.43. The Hall–Kier alpha value is -0.710. The smallest absolute Gasteiger partial charge is 0.233 e. The van der Waals surface area contributed by atoms with Crippen molar-refractivity contribution in [2.24, 2.45) is 5.92 Å². The van der Waals surface area contributed by atoms with Gasteiger partial charge in [0, 0.05) is 24.0 Å². The second kappa shape index (κ2) is 8.95. The highest BCUT2D eigenvalue weighted by Gasteiger charge is 2.23. The molecule has 0 bridgehead atoms. The average molecular weight is 355 g/mol. The van der Waals surface area contributed by atoms with Crippen molar-refractivity contribution in [1.29, 1.82) is 0 Å². The number of piperidine rings is 1. The number of halogens is 1. The molecule has 2 unspecified atom stereocenters. The molecule has 1 amide bonds. The maximum absolute atomic E-state index is 12.3. The van der Waals surface area contributed by atoms with Gasteiger partial charge in [0.1, 0.15) is 0 Å². The Bertz CT molecular complexity index is 523. The quantitative estimate of drug-likeness (QED) is 0.782. The Balaban J connectivity index is 1.79. The summed E-state index contributed by atoms with van der Waals surface area (Å²) in [5.41, 5.74) is 0. The van der Waals surface area contributed by atoms with Crippen LogP contribution in [-0.2, 0) is 4.79 Å². The first kappa shape index (κ1) is 18.6. The summed E-state index contributed by atoms with van der Waals surface area (Å²) < 4.78 is 0. The highest BCUT2D eigenvalue weighted by molar-refractivity contribution is 8.00. The first-order valence-corrected chi connectivity index (χ1v) is 9.66. The van der Waals surface area contributed by atoms with Gasteiger partial charge in [0.05, 0.1) is 10.3 Å². The van der Waals surface area contributed by atoms with E-state index in [2.05, 4.69) is 24.1 Å². The highest BCUT2D eigenvalue weighted by Crippen LogP contribution is 2.30. The molecule has 2 rings (SSSR count). The minimum Gasteiger partial charge on any atom is -0.355 e. The first-order chi connectivity index (χ1) is 11.0. The Labute approximate surface area is 149 Å². The summed E-state index contributed by atoms with van der Waals surface area (Å²) in [6, 6.07) is 8.25. The van der Waals surface area contributed by atoms with Crippen molar-refractivity contribution in [2.75, 3.05) is 19.6 Å². The van der Waals surface area contributed by atoms with Gasteiger partial charge in [-0.05, 0) is 58.2 Å². The van der Waals surface area contributed by atoms with Crippen molar-refractivity contribution in [3.05, 3.63) is 29.3 Å². The summed E-state index contributed by atoms with van der Waals surface area (Å²) in [7, 11) is 0. The number of likely N-dealkylation sites (tertiary alicyclic amines) is 1. The summed E-state index contributed by atoms with van der Waals surface area (Å²) in [5.74, 6) is 0.657. The van der Waals surface area contributed by atoms with Gasteiger partial charge in [-0.2, -0.15) is 0 Å². The number of hydrogen-bond acceptors (Lipinski definition) is 3. The maximum atomic E-state index is 12.3. The molecular weight excluding hydrogens is 328 g/mol. The first-order valence-electron chi connectivity index (χ1n) is 8.40. The number of hydrogen-bond donors (Lipinski definition) is 1. The number of thioether (sulfide) groups is 1. The Morgan fingerprint density at radius 3 is 2.83 bits per heavy atom. The fraction of sp³-hybridized carbons (Fsp3) is 0.611. The Morgan fingerprint density at radius 2 is 2.13 bits per heavy atom. The van der Waals surface area contributed by atoms with Crippen molar-refractivity contribution >= 4 is 29.3 Å². The molecule has 1 aliphatic rings. The molecule has 1 aromatic rings. The second-order valence-corrected chi connectivity index (χ2v) is 8.32. The topological polar surface area (TPSA) is 32.3 Å². The highest BCUT2D eigenvalue weighted by atomic mass is 35.5. The van der Waals surface area contributed by atoms with E-state index in [-0.39, 0.29) is 11.2 Å². The van der Waals surface area contributed by atoms with Crippen LogP contribution in [0.25, 0.3) is 0 Å². The third-order valence-corrected chi connectivity index (χ3v) is 5.97. The lowest BCUT2D eigenvalue weighted by Crippen LogP contribution is -2.44. The molecule has 23 heavy (non-hydrogen) atoms. The number of benzene rings is 1. The van der Waals surface area contributed by atoms with Gasteiger partial charge >= 0.3 is 0 Å². The zero-order chi connectivity index (χ0) is 16.8. The van der Waals surface area contributed by atoms with E-state index in [1.54, 1.807) is 0 Å². The lowest BCUT2D eigenvalue weighted by Gasteiger charge is -2.35. The van der Waals surface area contributed by atoms with Crippen molar-refractivity contribution in [3.8, 4) is 0 Å². The van der Waals surface area contributed by atoms with Crippen LogP contribution >= 0.6 is 23.4 Å². The van der Waals surface area contributed by atoms with Gasteiger partial charge in [-0.25, -0.2) is 0 Å². The molecule has 0 saturated carbocycles. The number of nitrogens with zero attached hydrogens (tertiary/aromatic N) is 1. The van der Waals surface area contributed by atoms with Crippen LogP contribution in [0.4, 0.5) is 0 Å². The van der Waals surface area contributed by atoms with Crippen LogP contribution in [0.15, 0.2) is 29.2 Å². The Kier molecular flexibility index (Phi) is 7.25. The molecule has 1 aromatic carbocycles. The molecule has 0 aromatic heterocycles. The molecule has 1 aliphatic heterocycles.